The third kappa shape index (κ3) is 3.85. The molecule has 0 heterocycles. The summed E-state index contributed by atoms with van der Waals surface area (Å²) >= 11 is 0. The molecule has 0 fully saturated rings. The lowest BCUT2D eigenvalue weighted by Gasteiger charge is -2.26. The lowest BCUT2D eigenvalue weighted by molar-refractivity contribution is -0.151. The molecular weight excluding hydrogens is 234 g/mol. The molecule has 1 aromatic rings. The second-order valence-electron chi connectivity index (χ2n) is 3.98. The van der Waals surface area contributed by atoms with Gasteiger partial charge in [0, 0.05) is 13.5 Å². The van der Waals surface area contributed by atoms with E-state index >= 15 is 0 Å². The number of aliphatic hydroxyl groups is 1. The Morgan fingerprint density at radius 3 is 2.33 bits per heavy atom. The van der Waals surface area contributed by atoms with E-state index in [1.54, 1.807) is 0 Å². The van der Waals surface area contributed by atoms with E-state index in [1.165, 1.54) is 11.8 Å². The molecule has 0 aliphatic heterocycles. The monoisotopic (exact) mass is 251 g/mol. The Bertz CT molecular complexity index is 405. The predicted molar refractivity (Wildman–Crippen MR) is 66.0 cm³/mol. The zero-order chi connectivity index (χ0) is 13.5. The normalized spacial score (nSPS) is 11.9. The summed E-state index contributed by atoms with van der Waals surface area (Å²) in [4.78, 5) is 23.5. The zero-order valence-corrected chi connectivity index (χ0v) is 10.2. The first-order chi connectivity index (χ1) is 8.56. The molecule has 1 rings (SSSR count). The molecule has 98 valence electrons. The average molecular weight is 251 g/mol. The van der Waals surface area contributed by atoms with Gasteiger partial charge in [-0.25, -0.2) is 4.79 Å². The molecule has 0 unspecified atom stereocenters. The van der Waals surface area contributed by atoms with Crippen LogP contribution in [-0.2, 0) is 16.0 Å². The summed E-state index contributed by atoms with van der Waals surface area (Å²) < 4.78 is 0. The van der Waals surface area contributed by atoms with Crippen LogP contribution in [0.15, 0.2) is 30.3 Å². The molecule has 18 heavy (non-hydrogen) atoms. The number of aliphatic carboxylic acids is 1. The standard InChI is InChI=1S/C13H17NO4/c1-10(16)14(12(9-15)13(17)18)8-7-11-5-3-2-4-6-11/h2-6,12,15H,7-9H2,1H3,(H,17,18)/t12-/m1/s1. The lowest BCUT2D eigenvalue weighted by atomic mass is 10.1. The third-order valence-corrected chi connectivity index (χ3v) is 2.72. The van der Waals surface area contributed by atoms with E-state index in [4.69, 9.17) is 10.2 Å². The Labute approximate surface area is 106 Å². The van der Waals surface area contributed by atoms with Crippen molar-refractivity contribution in [1.82, 2.24) is 4.90 Å². The summed E-state index contributed by atoms with van der Waals surface area (Å²) in [6, 6.07) is 8.30. The quantitative estimate of drug-likeness (QED) is 0.772. The van der Waals surface area contributed by atoms with Crippen LogP contribution in [0.2, 0.25) is 0 Å². The molecule has 0 saturated carbocycles. The van der Waals surface area contributed by atoms with Crippen molar-refractivity contribution in [2.45, 2.75) is 19.4 Å². The number of carboxylic acid groups (broad SMARTS) is 1. The summed E-state index contributed by atoms with van der Waals surface area (Å²) in [6.07, 6.45) is 0.560. The van der Waals surface area contributed by atoms with Crippen LogP contribution in [0, 0.1) is 0 Å². The molecule has 5 heteroatoms. The zero-order valence-electron chi connectivity index (χ0n) is 10.2. The molecule has 1 amide bonds. The molecule has 0 aliphatic carbocycles. The van der Waals surface area contributed by atoms with Crippen LogP contribution in [-0.4, -0.2) is 46.2 Å². The maximum Gasteiger partial charge on any atom is 0.328 e. The number of carbonyl (C=O) groups is 2. The van der Waals surface area contributed by atoms with Crippen molar-refractivity contribution < 1.29 is 19.8 Å². The van der Waals surface area contributed by atoms with Crippen molar-refractivity contribution in [3.8, 4) is 0 Å². The van der Waals surface area contributed by atoms with Crippen molar-refractivity contribution in [2.24, 2.45) is 0 Å². The molecule has 0 aliphatic rings. The minimum absolute atomic E-state index is 0.275. The molecule has 2 N–H and O–H groups in total. The Balaban J connectivity index is 2.69. The minimum Gasteiger partial charge on any atom is -0.480 e. The van der Waals surface area contributed by atoms with E-state index < -0.39 is 18.6 Å². The highest BCUT2D eigenvalue weighted by Gasteiger charge is 2.26. The lowest BCUT2D eigenvalue weighted by Crippen LogP contribution is -2.47. The topological polar surface area (TPSA) is 77.8 Å². The number of hydrogen-bond acceptors (Lipinski definition) is 3. The number of aliphatic hydroxyl groups excluding tert-OH is 1. The van der Waals surface area contributed by atoms with Gasteiger partial charge in [0.05, 0.1) is 6.61 Å². The maximum absolute atomic E-state index is 11.4. The van der Waals surface area contributed by atoms with Gasteiger partial charge >= 0.3 is 5.97 Å². The molecule has 0 bridgehead atoms. The maximum atomic E-state index is 11.4. The van der Waals surface area contributed by atoms with Crippen LogP contribution in [0.1, 0.15) is 12.5 Å². The third-order valence-electron chi connectivity index (χ3n) is 2.72. The van der Waals surface area contributed by atoms with Crippen molar-refractivity contribution >= 4 is 11.9 Å². The van der Waals surface area contributed by atoms with Crippen LogP contribution >= 0.6 is 0 Å². The van der Waals surface area contributed by atoms with E-state index in [1.807, 2.05) is 30.3 Å². The molecule has 0 radical (unpaired) electrons. The van der Waals surface area contributed by atoms with Gasteiger partial charge in [-0.3, -0.25) is 4.79 Å². The van der Waals surface area contributed by atoms with Crippen molar-refractivity contribution in [1.29, 1.82) is 0 Å². The number of carbonyl (C=O) groups excluding carboxylic acids is 1. The van der Waals surface area contributed by atoms with Crippen molar-refractivity contribution in [3.05, 3.63) is 35.9 Å². The van der Waals surface area contributed by atoms with Gasteiger partial charge in [-0.15, -0.1) is 0 Å². The second-order valence-corrected chi connectivity index (χ2v) is 3.98. The predicted octanol–water partition coefficient (Wildman–Crippen LogP) is 0.523. The Morgan fingerprint density at radius 2 is 1.89 bits per heavy atom. The summed E-state index contributed by atoms with van der Waals surface area (Å²) in [7, 11) is 0. The summed E-state index contributed by atoms with van der Waals surface area (Å²) in [5.74, 6) is -1.55. The fraction of sp³-hybridized carbons (Fsp3) is 0.385. The summed E-state index contributed by atoms with van der Waals surface area (Å²) in [6.45, 7) is 0.997. The fourth-order valence-corrected chi connectivity index (χ4v) is 1.74. The van der Waals surface area contributed by atoms with E-state index in [9.17, 15) is 9.59 Å². The minimum atomic E-state index is -1.19. The molecule has 0 aromatic heterocycles. The van der Waals surface area contributed by atoms with Gasteiger partial charge < -0.3 is 15.1 Å². The number of benzene rings is 1. The molecule has 1 atom stereocenters. The largest absolute Gasteiger partial charge is 0.480 e. The fourth-order valence-electron chi connectivity index (χ4n) is 1.74. The second kappa shape index (κ2) is 6.76. The van der Waals surface area contributed by atoms with E-state index in [-0.39, 0.29) is 12.5 Å². The van der Waals surface area contributed by atoms with Crippen molar-refractivity contribution in [2.75, 3.05) is 13.2 Å². The Kier molecular flexibility index (Phi) is 5.32. The molecular formula is C13H17NO4. The highest BCUT2D eigenvalue weighted by atomic mass is 16.4. The van der Waals surface area contributed by atoms with Gasteiger partial charge in [-0.2, -0.15) is 0 Å². The summed E-state index contributed by atoms with van der Waals surface area (Å²) in [5, 5.41) is 18.0. The first-order valence-electron chi connectivity index (χ1n) is 5.71. The van der Waals surface area contributed by atoms with Crippen LogP contribution in [0.4, 0.5) is 0 Å². The molecule has 0 saturated heterocycles. The van der Waals surface area contributed by atoms with E-state index in [2.05, 4.69) is 0 Å². The SMILES string of the molecule is CC(=O)N(CCc1ccccc1)[C@H](CO)C(=O)O. The number of carboxylic acids is 1. The number of nitrogens with zero attached hydrogens (tertiary/aromatic N) is 1. The number of amides is 1. The van der Waals surface area contributed by atoms with Gasteiger partial charge in [-0.05, 0) is 12.0 Å². The highest BCUT2D eigenvalue weighted by Crippen LogP contribution is 2.05. The van der Waals surface area contributed by atoms with E-state index in [0.717, 1.165) is 5.56 Å². The van der Waals surface area contributed by atoms with Gasteiger partial charge in [-0.1, -0.05) is 30.3 Å². The first kappa shape index (κ1) is 14.2. The Morgan fingerprint density at radius 1 is 1.28 bits per heavy atom. The summed E-state index contributed by atoms with van der Waals surface area (Å²) in [5.41, 5.74) is 1.02. The Hall–Kier alpha value is -1.88. The van der Waals surface area contributed by atoms with Crippen LogP contribution in [0.3, 0.4) is 0 Å². The van der Waals surface area contributed by atoms with Crippen LogP contribution in [0.5, 0.6) is 0 Å². The average Bonchev–Trinajstić information content (AvgIpc) is 2.34. The number of hydrogen-bond donors (Lipinski definition) is 2. The molecule has 5 nitrogen and oxygen atoms in total. The smallest absolute Gasteiger partial charge is 0.328 e. The van der Waals surface area contributed by atoms with Gasteiger partial charge in [0.2, 0.25) is 5.91 Å². The highest BCUT2D eigenvalue weighted by molar-refractivity contribution is 5.82. The van der Waals surface area contributed by atoms with Gasteiger partial charge in [0.1, 0.15) is 0 Å². The van der Waals surface area contributed by atoms with Gasteiger partial charge in [0.15, 0.2) is 6.04 Å². The van der Waals surface area contributed by atoms with Gasteiger partial charge in [0.25, 0.3) is 0 Å². The van der Waals surface area contributed by atoms with Crippen molar-refractivity contribution in [3.63, 3.8) is 0 Å². The molecule has 1 aromatic carbocycles. The van der Waals surface area contributed by atoms with Crippen LogP contribution < -0.4 is 0 Å². The van der Waals surface area contributed by atoms with E-state index in [0.29, 0.717) is 6.42 Å². The number of rotatable bonds is 6. The van der Waals surface area contributed by atoms with Crippen LogP contribution in [0.25, 0.3) is 0 Å². The first-order valence-corrected chi connectivity index (χ1v) is 5.71. The molecule has 0 spiro atoms.